The Hall–Kier alpha value is -1.83. The van der Waals surface area contributed by atoms with Gasteiger partial charge in [0, 0.05) is 36.0 Å². The summed E-state index contributed by atoms with van der Waals surface area (Å²) in [4.78, 5) is 28.8. The standard InChI is InChI=1S/C20H30F3N3O2/c1-13(2)24(5)19(28)16-6-8-25(9-7-16)11-18(27)17-10-14(3)26(15(17)4)12-20(21,22)23/h10,13,16H,6-9,11-12H2,1-5H3. The van der Waals surface area contributed by atoms with Crippen LogP contribution in [0.5, 0.6) is 0 Å². The lowest BCUT2D eigenvalue weighted by atomic mass is 9.94. The second-order valence-corrected chi connectivity index (χ2v) is 8.00. The smallest absolute Gasteiger partial charge is 0.343 e. The largest absolute Gasteiger partial charge is 0.406 e. The first-order chi connectivity index (χ1) is 12.9. The van der Waals surface area contributed by atoms with Crippen molar-refractivity contribution in [2.24, 2.45) is 5.92 Å². The number of likely N-dealkylation sites (tertiary alicyclic amines) is 1. The Kier molecular flexibility index (Phi) is 6.96. The average molecular weight is 401 g/mol. The van der Waals surface area contributed by atoms with Gasteiger partial charge in [-0.05, 0) is 59.7 Å². The highest BCUT2D eigenvalue weighted by molar-refractivity contribution is 5.99. The fourth-order valence-electron chi connectivity index (χ4n) is 3.67. The SMILES string of the molecule is Cc1cc(C(=O)CN2CCC(C(=O)N(C)C(C)C)CC2)c(C)n1CC(F)(F)F. The monoisotopic (exact) mass is 401 g/mol. The van der Waals surface area contributed by atoms with E-state index in [4.69, 9.17) is 0 Å². The zero-order valence-corrected chi connectivity index (χ0v) is 17.3. The normalized spacial score (nSPS) is 16.6. The fraction of sp³-hybridized carbons (Fsp3) is 0.700. The number of rotatable bonds is 6. The van der Waals surface area contributed by atoms with E-state index in [1.807, 2.05) is 18.7 Å². The first kappa shape index (κ1) is 22.5. The third-order valence-corrected chi connectivity index (χ3v) is 5.64. The van der Waals surface area contributed by atoms with Crippen molar-refractivity contribution in [1.82, 2.24) is 14.4 Å². The van der Waals surface area contributed by atoms with E-state index in [-0.39, 0.29) is 30.2 Å². The van der Waals surface area contributed by atoms with Gasteiger partial charge in [-0.1, -0.05) is 0 Å². The molecular weight excluding hydrogens is 371 g/mol. The highest BCUT2D eigenvalue weighted by Crippen LogP contribution is 2.24. The second kappa shape index (κ2) is 8.68. The molecule has 0 aliphatic carbocycles. The summed E-state index contributed by atoms with van der Waals surface area (Å²) in [7, 11) is 1.81. The number of aromatic nitrogens is 1. The number of carbonyl (C=O) groups is 2. The quantitative estimate of drug-likeness (QED) is 0.686. The Labute approximate surface area is 164 Å². The zero-order chi connectivity index (χ0) is 21.2. The van der Waals surface area contributed by atoms with Crippen LogP contribution in [0, 0.1) is 19.8 Å². The van der Waals surface area contributed by atoms with Gasteiger partial charge in [-0.25, -0.2) is 0 Å². The van der Waals surface area contributed by atoms with Crippen LogP contribution in [0.2, 0.25) is 0 Å². The third kappa shape index (κ3) is 5.37. The summed E-state index contributed by atoms with van der Waals surface area (Å²) in [5.41, 5.74) is 1.13. The number of piperidine rings is 1. The van der Waals surface area contributed by atoms with E-state index in [0.29, 0.717) is 42.9 Å². The van der Waals surface area contributed by atoms with Crippen LogP contribution in [0.3, 0.4) is 0 Å². The molecule has 5 nitrogen and oxygen atoms in total. The topological polar surface area (TPSA) is 45.6 Å². The molecule has 1 aliphatic rings. The van der Waals surface area contributed by atoms with Crippen LogP contribution < -0.4 is 0 Å². The Morgan fingerprint density at radius 2 is 1.79 bits per heavy atom. The van der Waals surface area contributed by atoms with Gasteiger partial charge in [0.25, 0.3) is 0 Å². The van der Waals surface area contributed by atoms with E-state index in [9.17, 15) is 22.8 Å². The van der Waals surface area contributed by atoms with Crippen LogP contribution in [0.4, 0.5) is 13.2 Å². The Balaban J connectivity index is 1.97. The number of nitrogens with zero attached hydrogens (tertiary/aromatic N) is 3. The van der Waals surface area contributed by atoms with Crippen LogP contribution in [-0.2, 0) is 11.3 Å². The Bertz CT molecular complexity index is 717. The number of Topliss-reactive ketones (excluding diaryl/α,β-unsaturated/α-hetero) is 1. The van der Waals surface area contributed by atoms with Crippen LogP contribution in [0.1, 0.15) is 48.4 Å². The lowest BCUT2D eigenvalue weighted by molar-refractivity contribution is -0.141. The summed E-state index contributed by atoms with van der Waals surface area (Å²) in [6, 6.07) is 1.69. The molecule has 2 rings (SSSR count). The lowest BCUT2D eigenvalue weighted by Crippen LogP contribution is -2.44. The van der Waals surface area contributed by atoms with Crippen molar-refractivity contribution in [2.75, 3.05) is 26.7 Å². The molecule has 0 spiro atoms. The van der Waals surface area contributed by atoms with Crippen LogP contribution in [0.25, 0.3) is 0 Å². The summed E-state index contributed by atoms with van der Waals surface area (Å²) < 4.78 is 39.4. The molecule has 1 aromatic heterocycles. The maximum Gasteiger partial charge on any atom is 0.406 e. The number of aryl methyl sites for hydroxylation is 1. The van der Waals surface area contributed by atoms with Crippen LogP contribution in [-0.4, -0.2) is 65.0 Å². The van der Waals surface area contributed by atoms with E-state index < -0.39 is 12.7 Å². The van der Waals surface area contributed by atoms with Gasteiger partial charge in [0.15, 0.2) is 5.78 Å². The Morgan fingerprint density at radius 1 is 1.21 bits per heavy atom. The minimum absolute atomic E-state index is 0.0319. The van der Waals surface area contributed by atoms with E-state index in [0.717, 1.165) is 4.57 Å². The molecule has 1 saturated heterocycles. The van der Waals surface area contributed by atoms with Gasteiger partial charge in [0.05, 0.1) is 6.54 Å². The van der Waals surface area contributed by atoms with Crippen molar-refractivity contribution in [3.63, 3.8) is 0 Å². The first-order valence-corrected chi connectivity index (χ1v) is 9.66. The molecule has 2 heterocycles. The maximum atomic E-state index is 12.7. The summed E-state index contributed by atoms with van der Waals surface area (Å²) in [5.74, 6) is -0.0714. The van der Waals surface area contributed by atoms with E-state index in [1.165, 1.54) is 6.07 Å². The first-order valence-electron chi connectivity index (χ1n) is 9.66. The number of amides is 1. The molecule has 1 aliphatic heterocycles. The molecule has 0 unspecified atom stereocenters. The minimum atomic E-state index is -4.33. The third-order valence-electron chi connectivity index (χ3n) is 5.64. The summed E-state index contributed by atoms with van der Waals surface area (Å²) in [5, 5.41) is 0. The molecular formula is C20H30F3N3O2. The number of hydrogen-bond donors (Lipinski definition) is 0. The van der Waals surface area contributed by atoms with Crippen LogP contribution in [0.15, 0.2) is 6.07 Å². The van der Waals surface area contributed by atoms with Crippen molar-refractivity contribution < 1.29 is 22.8 Å². The van der Waals surface area contributed by atoms with Gasteiger partial charge >= 0.3 is 6.18 Å². The van der Waals surface area contributed by atoms with Gasteiger partial charge in [-0.2, -0.15) is 13.2 Å². The molecule has 0 bridgehead atoms. The van der Waals surface area contributed by atoms with Gasteiger partial charge in [-0.15, -0.1) is 0 Å². The highest BCUT2D eigenvalue weighted by Gasteiger charge is 2.32. The summed E-state index contributed by atoms with van der Waals surface area (Å²) >= 11 is 0. The number of halogens is 3. The van der Waals surface area contributed by atoms with Crippen molar-refractivity contribution in [3.05, 3.63) is 23.0 Å². The zero-order valence-electron chi connectivity index (χ0n) is 17.3. The molecule has 0 atom stereocenters. The molecule has 8 heteroatoms. The molecule has 1 aromatic rings. The highest BCUT2D eigenvalue weighted by atomic mass is 19.4. The summed E-state index contributed by atoms with van der Waals surface area (Å²) in [6.45, 7) is 7.43. The number of ketones is 1. The predicted octanol–water partition coefficient (Wildman–Crippen LogP) is 3.43. The van der Waals surface area contributed by atoms with Crippen LogP contribution >= 0.6 is 0 Å². The van der Waals surface area contributed by atoms with Gasteiger partial charge in [-0.3, -0.25) is 14.5 Å². The lowest BCUT2D eigenvalue weighted by Gasteiger charge is -2.33. The molecule has 158 valence electrons. The Morgan fingerprint density at radius 3 is 2.29 bits per heavy atom. The van der Waals surface area contributed by atoms with Gasteiger partial charge in [0.1, 0.15) is 6.54 Å². The van der Waals surface area contributed by atoms with Crippen molar-refractivity contribution in [1.29, 1.82) is 0 Å². The molecule has 0 aromatic carbocycles. The fourth-order valence-corrected chi connectivity index (χ4v) is 3.67. The van der Waals surface area contributed by atoms with Crippen molar-refractivity contribution in [2.45, 2.75) is 59.3 Å². The molecule has 1 fully saturated rings. The number of carbonyl (C=O) groups excluding carboxylic acids is 2. The predicted molar refractivity (Wildman–Crippen MR) is 101 cm³/mol. The number of alkyl halides is 3. The van der Waals surface area contributed by atoms with E-state index >= 15 is 0 Å². The molecule has 0 radical (unpaired) electrons. The molecule has 28 heavy (non-hydrogen) atoms. The molecule has 0 saturated carbocycles. The molecule has 1 amide bonds. The average Bonchev–Trinajstić information content (AvgIpc) is 2.88. The second-order valence-electron chi connectivity index (χ2n) is 8.00. The van der Waals surface area contributed by atoms with Gasteiger partial charge < -0.3 is 9.47 Å². The minimum Gasteiger partial charge on any atom is -0.343 e. The van der Waals surface area contributed by atoms with Gasteiger partial charge in [0.2, 0.25) is 5.91 Å². The van der Waals surface area contributed by atoms with E-state index in [2.05, 4.69) is 0 Å². The number of hydrogen-bond acceptors (Lipinski definition) is 3. The molecule has 0 N–H and O–H groups in total. The summed E-state index contributed by atoms with van der Waals surface area (Å²) in [6.07, 6.45) is -2.95. The van der Waals surface area contributed by atoms with E-state index in [1.54, 1.807) is 25.8 Å². The maximum absolute atomic E-state index is 12.7. The van der Waals surface area contributed by atoms with Crippen molar-refractivity contribution >= 4 is 11.7 Å². The van der Waals surface area contributed by atoms with Crippen molar-refractivity contribution in [3.8, 4) is 0 Å².